The van der Waals surface area contributed by atoms with E-state index in [-0.39, 0.29) is 52.1 Å². The van der Waals surface area contributed by atoms with Gasteiger partial charge in [0.2, 0.25) is 0 Å². The van der Waals surface area contributed by atoms with Crippen LogP contribution in [0.2, 0.25) is 13.1 Å². The number of hydrogen-bond donors (Lipinski definition) is 0. The van der Waals surface area contributed by atoms with Crippen LogP contribution in [-0.4, -0.2) is 20.1 Å². The van der Waals surface area contributed by atoms with E-state index in [1.165, 1.54) is 5.57 Å². The first kappa shape index (κ1) is 24.9. The van der Waals surface area contributed by atoms with Crippen molar-refractivity contribution in [3.63, 3.8) is 0 Å². The Morgan fingerprint density at radius 3 is 2.26 bits per heavy atom. The smallest absolute Gasteiger partial charge is 1.00 e. The summed E-state index contributed by atoms with van der Waals surface area (Å²) >= 11 is 0. The van der Waals surface area contributed by atoms with Gasteiger partial charge < -0.3 is 29.6 Å². The molecule has 1 unspecified atom stereocenters. The summed E-state index contributed by atoms with van der Waals surface area (Å²) in [5.74, 6) is 0. The van der Waals surface area contributed by atoms with Crippen molar-refractivity contribution in [2.45, 2.75) is 64.5 Å². The number of hydrogen-bond acceptors (Lipinski definition) is 1. The fraction of sp³-hybridized carbons (Fsp3) is 0.714. The zero-order valence-electron chi connectivity index (χ0n) is 12.6. The Hall–Kier alpha value is 0.951. The first-order valence-corrected chi connectivity index (χ1v) is 9.30. The molecule has 1 radical (unpaired) electrons. The topological polar surface area (TPSA) is 9.23 Å². The average Bonchev–Trinajstić information content (AvgIpc) is 2.62. The molecule has 0 spiro atoms. The van der Waals surface area contributed by atoms with E-state index >= 15 is 0 Å². The van der Waals surface area contributed by atoms with Crippen molar-refractivity contribution >= 4 is 8.80 Å². The molecule has 0 amide bonds. The van der Waals surface area contributed by atoms with Gasteiger partial charge in [-0.2, -0.15) is 6.08 Å². The Morgan fingerprint density at radius 1 is 1.32 bits per heavy atom. The number of halogens is 2. The predicted molar refractivity (Wildman–Crippen MR) is 73.3 cm³/mol. The first-order chi connectivity index (χ1) is 7.38. The molecule has 109 valence electrons. The van der Waals surface area contributed by atoms with Crippen molar-refractivity contribution < 1.29 is 51.3 Å². The van der Waals surface area contributed by atoms with E-state index < -0.39 is 8.80 Å². The Labute approximate surface area is 148 Å². The molecular weight excluding hydrogens is 331 g/mol. The van der Waals surface area contributed by atoms with Gasteiger partial charge in [0.1, 0.15) is 0 Å². The van der Waals surface area contributed by atoms with Crippen LogP contribution < -0.4 is 24.8 Å². The second-order valence-electron chi connectivity index (χ2n) is 5.86. The summed E-state index contributed by atoms with van der Waals surface area (Å²) in [6.45, 7) is 11.2. The fourth-order valence-corrected chi connectivity index (χ4v) is 3.42. The summed E-state index contributed by atoms with van der Waals surface area (Å²) in [5, 5.41) is 0. The molecule has 0 aromatic heterocycles. The zero-order valence-corrected chi connectivity index (χ0v) is 16.8. The molecule has 0 bridgehead atoms. The van der Waals surface area contributed by atoms with Crippen molar-refractivity contribution in [3.05, 3.63) is 23.8 Å². The van der Waals surface area contributed by atoms with E-state index in [0.29, 0.717) is 5.73 Å². The van der Waals surface area contributed by atoms with Crippen LogP contribution in [0.25, 0.3) is 0 Å². The minimum atomic E-state index is -0.733. The first-order valence-electron chi connectivity index (χ1n) is 6.32. The fourth-order valence-electron chi connectivity index (χ4n) is 1.90. The van der Waals surface area contributed by atoms with Gasteiger partial charge in [-0.1, -0.05) is 19.5 Å². The van der Waals surface area contributed by atoms with Gasteiger partial charge >= 0.3 is 21.7 Å². The maximum absolute atomic E-state index is 6.16. The molecule has 0 aliphatic heterocycles. The Bertz CT molecular complexity index is 286. The maximum Gasteiger partial charge on any atom is 3.00 e. The van der Waals surface area contributed by atoms with Crippen LogP contribution in [0, 0.1) is 6.08 Å². The molecule has 0 heterocycles. The van der Waals surface area contributed by atoms with E-state index in [2.05, 4.69) is 52.1 Å². The van der Waals surface area contributed by atoms with E-state index in [0.717, 1.165) is 19.3 Å². The van der Waals surface area contributed by atoms with Crippen LogP contribution in [0.3, 0.4) is 0 Å². The molecule has 5 heteroatoms. The van der Waals surface area contributed by atoms with Crippen LogP contribution in [0.15, 0.2) is 17.7 Å². The SMILES string of the molecule is C[SiH](C)C(CCC1=[C-]CC=C1)OC(C)(C)C.[Cl-].[Cl-].[Ti+3]. The summed E-state index contributed by atoms with van der Waals surface area (Å²) in [7, 11) is -0.733. The minimum Gasteiger partial charge on any atom is -1.00 e. The Kier molecular flexibility index (Phi) is 15.2. The third-order valence-corrected chi connectivity index (χ3v) is 4.67. The van der Waals surface area contributed by atoms with Gasteiger partial charge in [-0.25, -0.2) is 11.6 Å². The third-order valence-electron chi connectivity index (χ3n) is 2.71. The maximum atomic E-state index is 6.16. The number of ether oxygens (including phenoxy) is 1. The molecule has 1 nitrogen and oxygen atoms in total. The molecule has 1 aliphatic rings. The van der Waals surface area contributed by atoms with Crippen LogP contribution in [0.1, 0.15) is 40.0 Å². The van der Waals surface area contributed by atoms with Crippen LogP contribution in [0.4, 0.5) is 0 Å². The molecule has 0 N–H and O–H groups in total. The van der Waals surface area contributed by atoms with Crippen molar-refractivity contribution in [1.29, 1.82) is 0 Å². The van der Waals surface area contributed by atoms with Gasteiger partial charge in [-0.05, 0) is 27.2 Å². The summed E-state index contributed by atoms with van der Waals surface area (Å²) in [5.41, 5.74) is 1.85. The molecule has 1 atom stereocenters. The van der Waals surface area contributed by atoms with Gasteiger partial charge in [-0.3, -0.25) is 6.08 Å². The third kappa shape index (κ3) is 11.3. The van der Waals surface area contributed by atoms with E-state index in [9.17, 15) is 0 Å². The minimum absolute atomic E-state index is 0. The Morgan fingerprint density at radius 2 is 1.89 bits per heavy atom. The molecule has 0 saturated carbocycles. The number of rotatable bonds is 5. The standard InChI is InChI=1S/C14H25OSi.2ClH.Ti/c1-14(2,3)15-13(16(4)5)11-10-12-8-6-7-9-12;;;/h6,8,13,16H,7,10-11H2,1-5H3;2*1H;/q-1;;;+3/p-2. The molecule has 1 aliphatic carbocycles. The van der Waals surface area contributed by atoms with Crippen LogP contribution in [-0.2, 0) is 26.5 Å². The van der Waals surface area contributed by atoms with E-state index in [1.807, 2.05) is 0 Å². The largest absolute Gasteiger partial charge is 3.00 e. The van der Waals surface area contributed by atoms with E-state index in [1.54, 1.807) is 0 Å². The second-order valence-corrected chi connectivity index (χ2v) is 9.09. The average molecular weight is 356 g/mol. The van der Waals surface area contributed by atoms with Crippen LogP contribution in [0.5, 0.6) is 0 Å². The molecular formula is C14H25Cl2OSiTi. The number of allylic oxidation sites excluding steroid dienone is 4. The second kappa shape index (κ2) is 11.6. The molecule has 0 aromatic carbocycles. The van der Waals surface area contributed by atoms with E-state index in [4.69, 9.17) is 4.74 Å². The van der Waals surface area contributed by atoms with Gasteiger partial charge in [0.05, 0.1) is 14.4 Å². The summed E-state index contributed by atoms with van der Waals surface area (Å²) in [4.78, 5) is 0. The predicted octanol–water partition coefficient (Wildman–Crippen LogP) is -2.33. The molecule has 0 saturated heterocycles. The summed E-state index contributed by atoms with van der Waals surface area (Å²) < 4.78 is 6.16. The Balaban J connectivity index is -0.000000853. The molecule has 19 heavy (non-hydrogen) atoms. The van der Waals surface area contributed by atoms with Crippen molar-refractivity contribution in [2.24, 2.45) is 0 Å². The molecule has 0 aromatic rings. The van der Waals surface area contributed by atoms with Crippen molar-refractivity contribution in [2.75, 3.05) is 0 Å². The normalized spacial score (nSPS) is 15.2. The van der Waals surface area contributed by atoms with Crippen LogP contribution >= 0.6 is 0 Å². The van der Waals surface area contributed by atoms with Gasteiger partial charge in [-0.15, -0.1) is 6.42 Å². The molecule has 0 fully saturated rings. The summed E-state index contributed by atoms with van der Waals surface area (Å²) in [6, 6.07) is 0. The monoisotopic (exact) mass is 355 g/mol. The van der Waals surface area contributed by atoms with Crippen molar-refractivity contribution in [3.8, 4) is 0 Å². The zero-order chi connectivity index (χ0) is 12.2. The van der Waals surface area contributed by atoms with Gasteiger partial charge in [0.15, 0.2) is 0 Å². The van der Waals surface area contributed by atoms with Gasteiger partial charge in [0.25, 0.3) is 0 Å². The van der Waals surface area contributed by atoms with Crippen molar-refractivity contribution in [1.82, 2.24) is 0 Å². The molecule has 1 rings (SSSR count). The van der Waals surface area contributed by atoms with Gasteiger partial charge in [0, 0.05) is 5.73 Å². The quantitative estimate of drug-likeness (QED) is 0.397. The summed E-state index contributed by atoms with van der Waals surface area (Å²) in [6.07, 6.45) is 11.1.